The van der Waals surface area contributed by atoms with Crippen molar-refractivity contribution < 1.29 is 9.90 Å². The Labute approximate surface area is 92.9 Å². The molecule has 3 rings (SSSR count). The molecule has 2 N–H and O–H groups in total. The number of aromatic nitrogens is 2. The van der Waals surface area contributed by atoms with E-state index in [2.05, 4.69) is 15.3 Å². The average Bonchev–Trinajstić information content (AvgIpc) is 3.11. The van der Waals surface area contributed by atoms with E-state index in [-0.39, 0.29) is 5.69 Å². The van der Waals surface area contributed by atoms with Gasteiger partial charge in [-0.3, -0.25) is 0 Å². The zero-order valence-corrected chi connectivity index (χ0v) is 8.81. The van der Waals surface area contributed by atoms with Crippen LogP contribution in [0.3, 0.4) is 0 Å². The molecule has 2 aliphatic rings. The second kappa shape index (κ2) is 3.43. The Morgan fingerprint density at radius 2 is 2.06 bits per heavy atom. The van der Waals surface area contributed by atoms with E-state index in [0.717, 1.165) is 25.7 Å². The number of hydrogen-bond donors (Lipinski definition) is 2. The van der Waals surface area contributed by atoms with Gasteiger partial charge in [-0.25, -0.2) is 14.8 Å². The first-order chi connectivity index (χ1) is 7.72. The van der Waals surface area contributed by atoms with Crippen molar-refractivity contribution in [2.45, 2.75) is 37.6 Å². The number of aromatic carboxylic acids is 1. The van der Waals surface area contributed by atoms with Gasteiger partial charge in [0.05, 0.1) is 0 Å². The summed E-state index contributed by atoms with van der Waals surface area (Å²) < 4.78 is 0. The van der Waals surface area contributed by atoms with E-state index in [1.54, 1.807) is 0 Å². The predicted octanol–water partition coefficient (Wildman–Crippen LogP) is 1.63. The molecule has 1 aromatic rings. The molecule has 0 unspecified atom stereocenters. The highest BCUT2D eigenvalue weighted by molar-refractivity contribution is 5.86. The Morgan fingerprint density at radius 3 is 2.62 bits per heavy atom. The lowest BCUT2D eigenvalue weighted by Gasteiger charge is -2.06. The molecule has 0 aromatic carbocycles. The first-order valence-electron chi connectivity index (χ1n) is 5.61. The topological polar surface area (TPSA) is 75.1 Å². The molecular weight excluding hydrogens is 206 g/mol. The Bertz CT molecular complexity index is 439. The summed E-state index contributed by atoms with van der Waals surface area (Å²) >= 11 is 0. The molecule has 5 nitrogen and oxygen atoms in total. The van der Waals surface area contributed by atoms with Crippen LogP contribution in [0.1, 0.15) is 47.9 Å². The van der Waals surface area contributed by atoms with Crippen LogP contribution in [-0.4, -0.2) is 27.1 Å². The van der Waals surface area contributed by atoms with Crippen molar-refractivity contribution >= 4 is 11.8 Å². The van der Waals surface area contributed by atoms with Crippen LogP contribution >= 0.6 is 0 Å². The smallest absolute Gasteiger partial charge is 0.354 e. The van der Waals surface area contributed by atoms with Gasteiger partial charge in [0.1, 0.15) is 11.6 Å². The van der Waals surface area contributed by atoms with E-state index >= 15 is 0 Å². The quantitative estimate of drug-likeness (QED) is 0.804. The van der Waals surface area contributed by atoms with Gasteiger partial charge in [0.2, 0.25) is 0 Å². The minimum Gasteiger partial charge on any atom is -0.477 e. The highest BCUT2D eigenvalue weighted by Gasteiger charge is 2.29. The standard InChI is InChI=1S/C11H13N3O2/c15-11(16)8-5-9(12-7-3-4-7)14-10(13-8)6-1-2-6/h5-7H,1-4H2,(H,15,16)(H,12,13,14). The molecule has 2 saturated carbocycles. The summed E-state index contributed by atoms with van der Waals surface area (Å²) in [5.74, 6) is 0.738. The van der Waals surface area contributed by atoms with Crippen molar-refractivity contribution in [3.63, 3.8) is 0 Å². The number of carbonyl (C=O) groups is 1. The maximum atomic E-state index is 10.9. The van der Waals surface area contributed by atoms with E-state index in [4.69, 9.17) is 5.11 Å². The van der Waals surface area contributed by atoms with Crippen LogP contribution in [0.15, 0.2) is 6.07 Å². The number of nitrogens with zero attached hydrogens (tertiary/aromatic N) is 2. The van der Waals surface area contributed by atoms with Crippen molar-refractivity contribution in [1.29, 1.82) is 0 Å². The molecule has 0 radical (unpaired) electrons. The van der Waals surface area contributed by atoms with Crippen LogP contribution in [-0.2, 0) is 0 Å². The van der Waals surface area contributed by atoms with Crippen molar-refractivity contribution in [2.75, 3.05) is 5.32 Å². The molecule has 2 aliphatic carbocycles. The Kier molecular flexibility index (Phi) is 2.05. The molecular formula is C11H13N3O2. The van der Waals surface area contributed by atoms with Gasteiger partial charge >= 0.3 is 5.97 Å². The largest absolute Gasteiger partial charge is 0.477 e. The number of rotatable bonds is 4. The SMILES string of the molecule is O=C(O)c1cc(NC2CC2)nc(C2CC2)n1. The lowest BCUT2D eigenvalue weighted by atomic mass is 10.3. The molecule has 0 atom stereocenters. The molecule has 0 aliphatic heterocycles. The molecule has 84 valence electrons. The first kappa shape index (κ1) is 9.57. The maximum absolute atomic E-state index is 10.9. The number of anilines is 1. The predicted molar refractivity (Wildman–Crippen MR) is 57.6 cm³/mol. The van der Waals surface area contributed by atoms with E-state index in [0.29, 0.717) is 23.6 Å². The zero-order chi connectivity index (χ0) is 11.1. The fraction of sp³-hybridized carbons (Fsp3) is 0.545. The average molecular weight is 219 g/mol. The lowest BCUT2D eigenvalue weighted by Crippen LogP contribution is -2.10. The van der Waals surface area contributed by atoms with Crippen LogP contribution in [0.2, 0.25) is 0 Å². The van der Waals surface area contributed by atoms with Crippen molar-refractivity contribution in [3.05, 3.63) is 17.6 Å². The van der Waals surface area contributed by atoms with Crippen molar-refractivity contribution in [1.82, 2.24) is 9.97 Å². The van der Waals surface area contributed by atoms with Crippen LogP contribution in [0.4, 0.5) is 5.82 Å². The fourth-order valence-electron chi connectivity index (χ4n) is 1.61. The highest BCUT2D eigenvalue weighted by Crippen LogP contribution is 2.38. The monoisotopic (exact) mass is 219 g/mol. The van der Waals surface area contributed by atoms with Gasteiger partial charge in [-0.2, -0.15) is 0 Å². The van der Waals surface area contributed by atoms with E-state index in [1.807, 2.05) is 0 Å². The molecule has 2 fully saturated rings. The van der Waals surface area contributed by atoms with Gasteiger partial charge in [-0.1, -0.05) is 0 Å². The summed E-state index contributed by atoms with van der Waals surface area (Å²) in [4.78, 5) is 19.4. The van der Waals surface area contributed by atoms with Crippen molar-refractivity contribution in [2.24, 2.45) is 0 Å². The summed E-state index contributed by atoms with van der Waals surface area (Å²) in [6.45, 7) is 0. The van der Waals surface area contributed by atoms with Gasteiger partial charge in [-0.15, -0.1) is 0 Å². The summed E-state index contributed by atoms with van der Waals surface area (Å²) in [5, 5.41) is 12.2. The van der Waals surface area contributed by atoms with Crippen LogP contribution < -0.4 is 5.32 Å². The zero-order valence-electron chi connectivity index (χ0n) is 8.81. The van der Waals surface area contributed by atoms with Gasteiger partial charge in [0.15, 0.2) is 5.69 Å². The van der Waals surface area contributed by atoms with E-state index < -0.39 is 5.97 Å². The molecule has 16 heavy (non-hydrogen) atoms. The molecule has 0 amide bonds. The summed E-state index contributed by atoms with van der Waals surface area (Å²) in [6.07, 6.45) is 4.44. The first-order valence-corrected chi connectivity index (χ1v) is 5.61. The fourth-order valence-corrected chi connectivity index (χ4v) is 1.61. The van der Waals surface area contributed by atoms with Gasteiger partial charge in [0.25, 0.3) is 0 Å². The van der Waals surface area contributed by atoms with Crippen molar-refractivity contribution in [3.8, 4) is 0 Å². The third-order valence-corrected chi connectivity index (χ3v) is 2.83. The normalized spacial score (nSPS) is 19.5. The molecule has 0 saturated heterocycles. The highest BCUT2D eigenvalue weighted by atomic mass is 16.4. The van der Waals surface area contributed by atoms with Gasteiger partial charge in [-0.05, 0) is 25.7 Å². The third kappa shape index (κ3) is 1.98. The number of nitrogens with one attached hydrogen (secondary N) is 1. The number of carboxylic acids is 1. The van der Waals surface area contributed by atoms with E-state index in [1.165, 1.54) is 6.07 Å². The Morgan fingerprint density at radius 1 is 1.31 bits per heavy atom. The van der Waals surface area contributed by atoms with E-state index in [9.17, 15) is 4.79 Å². The summed E-state index contributed by atoms with van der Waals surface area (Å²) in [7, 11) is 0. The second-order valence-corrected chi connectivity index (χ2v) is 4.49. The minimum atomic E-state index is -0.983. The second-order valence-electron chi connectivity index (χ2n) is 4.49. The molecule has 1 heterocycles. The number of hydrogen-bond acceptors (Lipinski definition) is 4. The maximum Gasteiger partial charge on any atom is 0.354 e. The van der Waals surface area contributed by atoms with Crippen LogP contribution in [0, 0.1) is 0 Å². The number of carboxylic acid groups (broad SMARTS) is 1. The Hall–Kier alpha value is -1.65. The molecule has 0 spiro atoms. The molecule has 0 bridgehead atoms. The summed E-state index contributed by atoms with van der Waals surface area (Å²) in [6, 6.07) is 2.00. The lowest BCUT2D eigenvalue weighted by molar-refractivity contribution is 0.0690. The minimum absolute atomic E-state index is 0.0973. The molecule has 5 heteroatoms. The van der Waals surface area contributed by atoms with Gasteiger partial charge < -0.3 is 10.4 Å². The summed E-state index contributed by atoms with van der Waals surface area (Å²) in [5.41, 5.74) is 0.0973. The van der Waals surface area contributed by atoms with Crippen LogP contribution in [0.5, 0.6) is 0 Å². The molecule has 1 aromatic heterocycles. The Balaban J connectivity index is 1.91. The van der Waals surface area contributed by atoms with Gasteiger partial charge in [0, 0.05) is 18.0 Å². The van der Waals surface area contributed by atoms with Crippen LogP contribution in [0.25, 0.3) is 0 Å². The third-order valence-electron chi connectivity index (χ3n) is 2.83.